The summed E-state index contributed by atoms with van der Waals surface area (Å²) < 4.78 is 31.7. The van der Waals surface area contributed by atoms with Gasteiger partial charge >= 0.3 is 0 Å². The van der Waals surface area contributed by atoms with E-state index in [1.807, 2.05) is 0 Å². The van der Waals surface area contributed by atoms with Crippen molar-refractivity contribution in [2.75, 3.05) is 18.9 Å². The van der Waals surface area contributed by atoms with Crippen LogP contribution in [0.2, 0.25) is 0 Å². The number of benzene rings is 1. The second-order valence-corrected chi connectivity index (χ2v) is 5.83. The summed E-state index contributed by atoms with van der Waals surface area (Å²) in [6, 6.07) is 6.24. The van der Waals surface area contributed by atoms with Crippen LogP contribution in [0.5, 0.6) is 0 Å². The van der Waals surface area contributed by atoms with Crippen LogP contribution in [0.3, 0.4) is 0 Å². The van der Waals surface area contributed by atoms with E-state index in [0.29, 0.717) is 18.8 Å². The van der Waals surface area contributed by atoms with Gasteiger partial charge in [-0.1, -0.05) is 6.07 Å². The summed E-state index contributed by atoms with van der Waals surface area (Å²) >= 11 is 0. The second-order valence-electron chi connectivity index (χ2n) is 4.06. The summed E-state index contributed by atoms with van der Waals surface area (Å²) in [6.07, 6.45) is 1.88. The lowest BCUT2D eigenvalue weighted by molar-refractivity contribution is 0.114. The Labute approximate surface area is 101 Å². The van der Waals surface area contributed by atoms with Crippen LogP contribution in [0.15, 0.2) is 29.2 Å². The van der Waals surface area contributed by atoms with E-state index in [1.54, 1.807) is 12.1 Å². The molecule has 5 nitrogen and oxygen atoms in total. The summed E-state index contributed by atoms with van der Waals surface area (Å²) in [4.78, 5) is 0.190. The Morgan fingerprint density at radius 3 is 2.94 bits per heavy atom. The normalized spacial score (nSPS) is 20.6. The number of anilines is 1. The van der Waals surface area contributed by atoms with E-state index >= 15 is 0 Å². The Morgan fingerprint density at radius 1 is 1.47 bits per heavy atom. The number of nitrogen functional groups attached to an aromatic ring is 1. The van der Waals surface area contributed by atoms with Gasteiger partial charge in [-0.15, -0.1) is 0 Å². The fraction of sp³-hybridized carbons (Fsp3) is 0.455. The minimum atomic E-state index is -3.48. The Kier molecular flexibility index (Phi) is 3.66. The number of sulfonamides is 1. The van der Waals surface area contributed by atoms with Crippen molar-refractivity contribution in [2.24, 2.45) is 0 Å². The van der Waals surface area contributed by atoms with Crippen molar-refractivity contribution in [3.8, 4) is 0 Å². The number of rotatable bonds is 4. The standard InChI is InChI=1S/C11H16N2O3S/c12-9-3-1-5-11(7-9)17(14,15)13-8-10-4-2-6-16-10/h1,3,5,7,10,13H,2,4,6,8,12H2/t10-/m1/s1. The van der Waals surface area contributed by atoms with Crippen LogP contribution in [0.4, 0.5) is 5.69 Å². The van der Waals surface area contributed by atoms with Gasteiger partial charge in [0.2, 0.25) is 10.0 Å². The molecule has 1 heterocycles. The summed E-state index contributed by atoms with van der Waals surface area (Å²) in [5.74, 6) is 0. The van der Waals surface area contributed by atoms with Crippen molar-refractivity contribution in [3.63, 3.8) is 0 Å². The highest BCUT2D eigenvalue weighted by Crippen LogP contribution is 2.14. The van der Waals surface area contributed by atoms with Crippen molar-refractivity contribution in [1.29, 1.82) is 0 Å². The summed E-state index contributed by atoms with van der Waals surface area (Å²) in [7, 11) is -3.48. The predicted molar refractivity (Wildman–Crippen MR) is 65.0 cm³/mol. The molecule has 0 amide bonds. The third kappa shape index (κ3) is 3.18. The lowest BCUT2D eigenvalue weighted by Gasteiger charge is -2.11. The molecule has 1 aromatic rings. The molecule has 2 rings (SSSR count). The monoisotopic (exact) mass is 256 g/mol. The van der Waals surface area contributed by atoms with Gasteiger partial charge in [0.1, 0.15) is 0 Å². The first kappa shape index (κ1) is 12.3. The van der Waals surface area contributed by atoms with Gasteiger partial charge in [0.25, 0.3) is 0 Å². The minimum absolute atomic E-state index is 0.00849. The highest BCUT2D eigenvalue weighted by molar-refractivity contribution is 7.89. The molecule has 94 valence electrons. The molecule has 0 radical (unpaired) electrons. The highest BCUT2D eigenvalue weighted by atomic mass is 32.2. The first-order chi connectivity index (χ1) is 8.08. The molecule has 1 aliphatic heterocycles. The van der Waals surface area contributed by atoms with Crippen LogP contribution in [0.1, 0.15) is 12.8 Å². The first-order valence-electron chi connectivity index (χ1n) is 5.55. The van der Waals surface area contributed by atoms with Crippen LogP contribution >= 0.6 is 0 Å². The molecule has 0 spiro atoms. The Hall–Kier alpha value is -1.11. The molecule has 1 saturated heterocycles. The van der Waals surface area contributed by atoms with E-state index in [1.165, 1.54) is 12.1 Å². The minimum Gasteiger partial charge on any atom is -0.399 e. The molecule has 1 atom stereocenters. The van der Waals surface area contributed by atoms with E-state index in [9.17, 15) is 8.42 Å². The molecule has 1 fully saturated rings. The molecule has 6 heteroatoms. The third-order valence-electron chi connectivity index (χ3n) is 2.69. The van der Waals surface area contributed by atoms with Gasteiger partial charge < -0.3 is 10.5 Å². The lowest BCUT2D eigenvalue weighted by atomic mass is 10.2. The molecule has 3 N–H and O–H groups in total. The summed E-state index contributed by atoms with van der Waals surface area (Å²) in [5, 5.41) is 0. The average molecular weight is 256 g/mol. The van der Waals surface area contributed by atoms with Crippen LogP contribution in [-0.2, 0) is 14.8 Å². The van der Waals surface area contributed by atoms with Gasteiger partial charge in [0.15, 0.2) is 0 Å². The Morgan fingerprint density at radius 2 is 2.29 bits per heavy atom. The van der Waals surface area contributed by atoms with Crippen molar-refractivity contribution in [3.05, 3.63) is 24.3 Å². The molecule has 0 unspecified atom stereocenters. The molecule has 17 heavy (non-hydrogen) atoms. The maximum atomic E-state index is 11.9. The van der Waals surface area contributed by atoms with E-state index in [2.05, 4.69) is 4.72 Å². The Bertz CT molecular complexity index is 481. The van der Waals surface area contributed by atoms with E-state index in [4.69, 9.17) is 10.5 Å². The SMILES string of the molecule is Nc1cccc(S(=O)(=O)NC[C@H]2CCCO2)c1. The van der Waals surface area contributed by atoms with E-state index in [0.717, 1.165) is 12.8 Å². The zero-order valence-corrected chi connectivity index (χ0v) is 10.2. The molecule has 1 aromatic carbocycles. The predicted octanol–water partition coefficient (Wildman–Crippen LogP) is 0.726. The number of ether oxygens (including phenoxy) is 1. The maximum Gasteiger partial charge on any atom is 0.240 e. The van der Waals surface area contributed by atoms with Crippen molar-refractivity contribution in [1.82, 2.24) is 4.72 Å². The number of nitrogens with one attached hydrogen (secondary N) is 1. The van der Waals surface area contributed by atoms with Gasteiger partial charge in [0, 0.05) is 18.8 Å². The molecule has 0 bridgehead atoms. The second kappa shape index (κ2) is 5.03. The topological polar surface area (TPSA) is 81.4 Å². The molecule has 0 aliphatic carbocycles. The van der Waals surface area contributed by atoms with Gasteiger partial charge in [-0.2, -0.15) is 0 Å². The van der Waals surface area contributed by atoms with Crippen LogP contribution < -0.4 is 10.5 Å². The summed E-state index contributed by atoms with van der Waals surface area (Å²) in [6.45, 7) is 1.03. The van der Waals surface area contributed by atoms with E-state index in [-0.39, 0.29) is 11.0 Å². The van der Waals surface area contributed by atoms with Crippen LogP contribution in [0, 0.1) is 0 Å². The molecular formula is C11H16N2O3S. The zero-order chi connectivity index (χ0) is 12.3. The van der Waals surface area contributed by atoms with Gasteiger partial charge in [-0.05, 0) is 31.0 Å². The van der Waals surface area contributed by atoms with Gasteiger partial charge in [0.05, 0.1) is 11.0 Å². The average Bonchev–Trinajstić information content (AvgIpc) is 2.79. The fourth-order valence-electron chi connectivity index (χ4n) is 1.77. The quantitative estimate of drug-likeness (QED) is 0.778. The summed E-state index contributed by atoms with van der Waals surface area (Å²) in [5.41, 5.74) is 5.99. The smallest absolute Gasteiger partial charge is 0.240 e. The molecule has 1 aliphatic rings. The van der Waals surface area contributed by atoms with Crippen molar-refractivity contribution in [2.45, 2.75) is 23.8 Å². The highest BCUT2D eigenvalue weighted by Gasteiger charge is 2.20. The molecule has 0 saturated carbocycles. The largest absolute Gasteiger partial charge is 0.399 e. The number of hydrogen-bond donors (Lipinski definition) is 2. The zero-order valence-electron chi connectivity index (χ0n) is 9.43. The third-order valence-corrected chi connectivity index (χ3v) is 4.11. The lowest BCUT2D eigenvalue weighted by Crippen LogP contribution is -2.31. The van der Waals surface area contributed by atoms with Gasteiger partial charge in [-0.25, -0.2) is 13.1 Å². The van der Waals surface area contributed by atoms with Crippen LogP contribution in [0.25, 0.3) is 0 Å². The molecular weight excluding hydrogens is 240 g/mol. The van der Waals surface area contributed by atoms with Crippen molar-refractivity contribution < 1.29 is 13.2 Å². The molecule has 0 aromatic heterocycles. The van der Waals surface area contributed by atoms with Gasteiger partial charge in [-0.3, -0.25) is 0 Å². The van der Waals surface area contributed by atoms with Crippen molar-refractivity contribution >= 4 is 15.7 Å². The van der Waals surface area contributed by atoms with Crippen LogP contribution in [-0.4, -0.2) is 27.7 Å². The number of nitrogens with two attached hydrogens (primary N) is 1. The fourth-order valence-corrected chi connectivity index (χ4v) is 2.89. The maximum absolute atomic E-state index is 11.9. The number of hydrogen-bond acceptors (Lipinski definition) is 4. The first-order valence-corrected chi connectivity index (χ1v) is 7.03. The van der Waals surface area contributed by atoms with E-state index < -0.39 is 10.0 Å². The Balaban J connectivity index is 2.03.